The lowest BCUT2D eigenvalue weighted by Crippen LogP contribution is -2.18. The highest BCUT2D eigenvalue weighted by atomic mass is 79.9. The number of carbonyl (C=O) groups is 1. The van der Waals surface area contributed by atoms with Gasteiger partial charge in [0.1, 0.15) is 11.6 Å². The molecule has 2 aromatic carbocycles. The molecule has 0 heterocycles. The maximum Gasteiger partial charge on any atom is 0.349 e. The van der Waals surface area contributed by atoms with Gasteiger partial charge in [0.25, 0.3) is 0 Å². The molecule has 2 rings (SSSR count). The average Bonchev–Trinajstić information content (AvgIpc) is 2.54. The van der Waals surface area contributed by atoms with Crippen LogP contribution in [0.4, 0.5) is 4.39 Å². The first-order valence-corrected chi connectivity index (χ1v) is 7.19. The van der Waals surface area contributed by atoms with Crippen LogP contribution < -0.4 is 14.2 Å². The Morgan fingerprint density at radius 3 is 2.61 bits per heavy atom. The molecule has 0 aliphatic carbocycles. The van der Waals surface area contributed by atoms with Gasteiger partial charge in [0.2, 0.25) is 0 Å². The Hall–Kier alpha value is -2.59. The number of hydrogen-bond acceptors (Lipinski definition) is 5. The normalized spacial score (nSPS) is 9.83. The standard InChI is InChI=1S/C16H11BrFNO4/c1-21-15-6-10(8-19)2-4-14(15)23-16(20)9-22-13-5-3-11(18)7-12(13)17/h2-7H,9H2,1H3. The van der Waals surface area contributed by atoms with Crippen molar-refractivity contribution in [2.75, 3.05) is 13.7 Å². The lowest BCUT2D eigenvalue weighted by atomic mass is 10.2. The Bertz CT molecular complexity index is 773. The van der Waals surface area contributed by atoms with Crippen molar-refractivity contribution in [1.29, 1.82) is 5.26 Å². The number of methoxy groups -OCH3 is 1. The largest absolute Gasteiger partial charge is 0.493 e. The molecule has 0 N–H and O–H groups in total. The van der Waals surface area contributed by atoms with E-state index in [9.17, 15) is 9.18 Å². The minimum absolute atomic E-state index is 0.179. The number of nitriles is 1. The van der Waals surface area contributed by atoms with Gasteiger partial charge in [-0.3, -0.25) is 0 Å². The summed E-state index contributed by atoms with van der Waals surface area (Å²) < 4.78 is 28.8. The molecule has 2 aromatic rings. The SMILES string of the molecule is COc1cc(C#N)ccc1OC(=O)COc1ccc(F)cc1Br. The van der Waals surface area contributed by atoms with Crippen LogP contribution in [0.5, 0.6) is 17.2 Å². The Balaban J connectivity index is 2.01. The fourth-order valence-corrected chi connectivity index (χ4v) is 2.17. The third-order valence-electron chi connectivity index (χ3n) is 2.76. The molecule has 0 saturated carbocycles. The predicted octanol–water partition coefficient (Wildman–Crippen LogP) is 3.45. The molecule has 118 valence electrons. The van der Waals surface area contributed by atoms with Crippen molar-refractivity contribution >= 4 is 21.9 Å². The van der Waals surface area contributed by atoms with Gasteiger partial charge >= 0.3 is 5.97 Å². The van der Waals surface area contributed by atoms with E-state index in [-0.39, 0.29) is 18.1 Å². The average molecular weight is 380 g/mol. The molecule has 0 bridgehead atoms. The summed E-state index contributed by atoms with van der Waals surface area (Å²) >= 11 is 3.14. The number of ether oxygens (including phenoxy) is 3. The van der Waals surface area contributed by atoms with E-state index in [4.69, 9.17) is 19.5 Å². The topological polar surface area (TPSA) is 68.5 Å². The monoisotopic (exact) mass is 379 g/mol. The first kappa shape index (κ1) is 16.8. The lowest BCUT2D eigenvalue weighted by Gasteiger charge is -2.10. The number of hydrogen-bond donors (Lipinski definition) is 0. The molecule has 0 spiro atoms. The Kier molecular flexibility index (Phi) is 5.55. The van der Waals surface area contributed by atoms with Crippen LogP contribution in [0.1, 0.15) is 5.56 Å². The van der Waals surface area contributed by atoms with Crippen molar-refractivity contribution in [2.24, 2.45) is 0 Å². The summed E-state index contributed by atoms with van der Waals surface area (Å²) in [5.74, 6) is -0.327. The van der Waals surface area contributed by atoms with E-state index in [1.54, 1.807) is 0 Å². The molecule has 0 radical (unpaired) electrons. The van der Waals surface area contributed by atoms with Crippen molar-refractivity contribution < 1.29 is 23.4 Å². The molecular formula is C16H11BrFNO4. The van der Waals surface area contributed by atoms with Gasteiger partial charge in [-0.15, -0.1) is 0 Å². The molecule has 0 unspecified atom stereocenters. The van der Waals surface area contributed by atoms with Crippen molar-refractivity contribution in [3.05, 3.63) is 52.3 Å². The summed E-state index contributed by atoms with van der Waals surface area (Å²) in [6.45, 7) is -0.368. The molecule has 23 heavy (non-hydrogen) atoms. The van der Waals surface area contributed by atoms with Gasteiger partial charge in [0, 0.05) is 6.07 Å². The van der Waals surface area contributed by atoms with E-state index in [1.807, 2.05) is 6.07 Å². The molecule has 0 saturated heterocycles. The Morgan fingerprint density at radius 1 is 1.22 bits per heavy atom. The van der Waals surface area contributed by atoms with E-state index in [1.165, 1.54) is 43.5 Å². The van der Waals surface area contributed by atoms with Gasteiger partial charge in [-0.25, -0.2) is 9.18 Å². The zero-order chi connectivity index (χ0) is 16.8. The lowest BCUT2D eigenvalue weighted by molar-refractivity contribution is -0.136. The summed E-state index contributed by atoms with van der Waals surface area (Å²) in [6.07, 6.45) is 0. The zero-order valence-corrected chi connectivity index (χ0v) is 13.6. The van der Waals surface area contributed by atoms with E-state index in [2.05, 4.69) is 15.9 Å². The molecule has 0 aromatic heterocycles. The summed E-state index contributed by atoms with van der Waals surface area (Å²) in [4.78, 5) is 11.8. The van der Waals surface area contributed by atoms with Crippen LogP contribution in [-0.4, -0.2) is 19.7 Å². The number of esters is 1. The van der Waals surface area contributed by atoms with Crippen molar-refractivity contribution in [1.82, 2.24) is 0 Å². The summed E-state index contributed by atoms with van der Waals surface area (Å²) in [5, 5.41) is 8.82. The molecule has 5 nitrogen and oxygen atoms in total. The second-order valence-corrected chi connectivity index (χ2v) is 5.17. The molecule has 0 aliphatic rings. The van der Waals surface area contributed by atoms with Gasteiger partial charge in [0.15, 0.2) is 18.1 Å². The van der Waals surface area contributed by atoms with Crippen LogP contribution in [0.25, 0.3) is 0 Å². The highest BCUT2D eigenvalue weighted by molar-refractivity contribution is 9.10. The zero-order valence-electron chi connectivity index (χ0n) is 12.0. The van der Waals surface area contributed by atoms with Crippen molar-refractivity contribution in [3.8, 4) is 23.3 Å². The first-order valence-electron chi connectivity index (χ1n) is 6.40. The Morgan fingerprint density at radius 2 is 1.96 bits per heavy atom. The van der Waals surface area contributed by atoms with Crippen LogP contribution in [0, 0.1) is 17.1 Å². The van der Waals surface area contributed by atoms with Gasteiger partial charge in [-0.05, 0) is 46.3 Å². The molecule has 0 aliphatic heterocycles. The van der Waals surface area contributed by atoms with E-state index >= 15 is 0 Å². The van der Waals surface area contributed by atoms with E-state index in [0.717, 1.165) is 0 Å². The van der Waals surface area contributed by atoms with Crippen LogP contribution >= 0.6 is 15.9 Å². The fraction of sp³-hybridized carbons (Fsp3) is 0.125. The first-order chi connectivity index (χ1) is 11.0. The number of benzene rings is 2. The minimum atomic E-state index is -0.663. The van der Waals surface area contributed by atoms with Gasteiger partial charge in [-0.1, -0.05) is 0 Å². The van der Waals surface area contributed by atoms with Crippen LogP contribution in [-0.2, 0) is 4.79 Å². The smallest absolute Gasteiger partial charge is 0.349 e. The summed E-state index contributed by atoms with van der Waals surface area (Å²) in [7, 11) is 1.40. The highest BCUT2D eigenvalue weighted by Gasteiger charge is 2.12. The second-order valence-electron chi connectivity index (χ2n) is 4.31. The maximum absolute atomic E-state index is 13.0. The number of carbonyl (C=O) groups excluding carboxylic acids is 1. The van der Waals surface area contributed by atoms with Crippen LogP contribution in [0.15, 0.2) is 40.9 Å². The molecule has 7 heteroatoms. The number of rotatable bonds is 5. The van der Waals surface area contributed by atoms with E-state index < -0.39 is 11.8 Å². The quantitative estimate of drug-likeness (QED) is 0.587. The van der Waals surface area contributed by atoms with Crippen LogP contribution in [0.2, 0.25) is 0 Å². The molecule has 0 amide bonds. The number of nitrogens with zero attached hydrogens (tertiary/aromatic N) is 1. The van der Waals surface area contributed by atoms with Gasteiger partial charge in [0.05, 0.1) is 23.2 Å². The summed E-state index contributed by atoms with van der Waals surface area (Å²) in [5.41, 5.74) is 0.383. The minimum Gasteiger partial charge on any atom is -0.493 e. The Labute approximate surface area is 140 Å². The molecule has 0 atom stereocenters. The predicted molar refractivity (Wildman–Crippen MR) is 82.9 cm³/mol. The highest BCUT2D eigenvalue weighted by Crippen LogP contribution is 2.28. The van der Waals surface area contributed by atoms with Gasteiger partial charge < -0.3 is 14.2 Å². The maximum atomic E-state index is 13.0. The molecular weight excluding hydrogens is 369 g/mol. The van der Waals surface area contributed by atoms with Gasteiger partial charge in [-0.2, -0.15) is 5.26 Å². The second kappa shape index (κ2) is 7.61. The van der Waals surface area contributed by atoms with Crippen molar-refractivity contribution in [2.45, 2.75) is 0 Å². The fourth-order valence-electron chi connectivity index (χ4n) is 1.70. The van der Waals surface area contributed by atoms with E-state index in [0.29, 0.717) is 15.8 Å². The summed E-state index contributed by atoms with van der Waals surface area (Å²) in [6, 6.07) is 10.2. The molecule has 0 fully saturated rings. The van der Waals surface area contributed by atoms with Crippen LogP contribution in [0.3, 0.4) is 0 Å². The van der Waals surface area contributed by atoms with Crippen molar-refractivity contribution in [3.63, 3.8) is 0 Å². The number of halogens is 2. The third kappa shape index (κ3) is 4.44. The third-order valence-corrected chi connectivity index (χ3v) is 3.38.